The lowest BCUT2D eigenvalue weighted by Crippen LogP contribution is -2.05. The van der Waals surface area contributed by atoms with Crippen LogP contribution in [0.25, 0.3) is 0 Å². The number of hydrogen-bond donors (Lipinski definition) is 2. The molecule has 0 saturated heterocycles. The third kappa shape index (κ3) is 5.57. The molecule has 0 amide bonds. The zero-order valence-electron chi connectivity index (χ0n) is 15.6. The molecule has 0 fully saturated rings. The number of esters is 2. The normalized spacial score (nSPS) is 9.50. The summed E-state index contributed by atoms with van der Waals surface area (Å²) in [7, 11) is 2.69. The number of benzene rings is 2. The largest absolute Gasteiger partial charge is 0.465 e. The fourth-order valence-corrected chi connectivity index (χ4v) is 2.27. The van der Waals surface area contributed by atoms with Gasteiger partial charge in [0.2, 0.25) is 0 Å². The van der Waals surface area contributed by atoms with Gasteiger partial charge in [0.15, 0.2) is 0 Å². The lowest BCUT2D eigenvalue weighted by Gasteiger charge is -2.09. The Labute approximate surface area is 163 Å². The number of nitrogens with zero attached hydrogens (tertiary/aromatic N) is 1. The van der Waals surface area contributed by atoms with Crippen molar-refractivity contribution >= 4 is 29.0 Å². The highest BCUT2D eigenvalue weighted by Crippen LogP contribution is 2.20. The molecule has 3 rings (SSSR count). The van der Waals surface area contributed by atoms with Gasteiger partial charge in [-0.15, -0.1) is 0 Å². The second-order valence-electron chi connectivity index (χ2n) is 5.48. The number of methoxy groups -OCH3 is 2. The van der Waals surface area contributed by atoms with Crippen LogP contribution >= 0.6 is 0 Å². The molecule has 0 saturated carbocycles. The second-order valence-corrected chi connectivity index (χ2v) is 5.48. The number of pyridine rings is 1. The third-order valence-electron chi connectivity index (χ3n) is 3.64. The average Bonchev–Trinajstić information content (AvgIpc) is 2.74. The Morgan fingerprint density at radius 2 is 1.46 bits per heavy atom. The number of anilines is 3. The Hall–Kier alpha value is -3.87. The predicted octanol–water partition coefficient (Wildman–Crippen LogP) is 3.67. The molecule has 1 heterocycles. The van der Waals surface area contributed by atoms with Crippen molar-refractivity contribution in [3.8, 4) is 0 Å². The average molecular weight is 379 g/mol. The fraction of sp³-hybridized carbons (Fsp3) is 0.0952. The summed E-state index contributed by atoms with van der Waals surface area (Å²) in [4.78, 5) is 26.5. The topological polar surface area (TPSA) is 104 Å². The SMILES string of the molecule is COC(=O)c1ccccc1N.COC(=O)c1ccccc1Nc1cccnc1. The zero-order chi connectivity index (χ0) is 20.4. The molecule has 0 spiro atoms. The molecule has 0 bridgehead atoms. The lowest BCUT2D eigenvalue weighted by atomic mass is 10.1. The highest BCUT2D eigenvalue weighted by Gasteiger charge is 2.10. The molecule has 0 aliphatic carbocycles. The molecule has 3 aromatic rings. The molecule has 28 heavy (non-hydrogen) atoms. The molecule has 0 unspecified atom stereocenters. The van der Waals surface area contributed by atoms with Gasteiger partial charge < -0.3 is 20.5 Å². The van der Waals surface area contributed by atoms with Gasteiger partial charge in [-0.3, -0.25) is 4.98 Å². The van der Waals surface area contributed by atoms with Crippen LogP contribution in [0.4, 0.5) is 17.1 Å². The number of nitrogens with one attached hydrogen (secondary N) is 1. The predicted molar refractivity (Wildman–Crippen MR) is 107 cm³/mol. The summed E-state index contributed by atoms with van der Waals surface area (Å²) >= 11 is 0. The van der Waals surface area contributed by atoms with Crippen LogP contribution in [-0.4, -0.2) is 31.1 Å². The van der Waals surface area contributed by atoms with E-state index in [9.17, 15) is 9.59 Å². The van der Waals surface area contributed by atoms with Gasteiger partial charge in [0.05, 0.1) is 42.9 Å². The van der Waals surface area contributed by atoms with Crippen LogP contribution in [0.3, 0.4) is 0 Å². The molecular formula is C21H21N3O4. The minimum atomic E-state index is -0.400. The van der Waals surface area contributed by atoms with E-state index in [1.807, 2.05) is 24.3 Å². The first-order valence-corrected chi connectivity index (χ1v) is 8.34. The first-order valence-electron chi connectivity index (χ1n) is 8.34. The minimum Gasteiger partial charge on any atom is -0.465 e. The Bertz CT molecular complexity index is 930. The first kappa shape index (κ1) is 20.4. The molecule has 144 valence electrons. The molecule has 7 nitrogen and oxygen atoms in total. The molecule has 3 N–H and O–H groups in total. The Balaban J connectivity index is 0.000000221. The molecule has 7 heteroatoms. The maximum atomic E-state index is 11.5. The van der Waals surface area contributed by atoms with Crippen LogP contribution < -0.4 is 11.1 Å². The van der Waals surface area contributed by atoms with Crippen molar-refractivity contribution in [2.24, 2.45) is 0 Å². The number of hydrogen-bond acceptors (Lipinski definition) is 7. The molecule has 0 atom stereocenters. The Morgan fingerprint density at radius 3 is 2.07 bits per heavy atom. The van der Waals surface area contributed by atoms with E-state index in [-0.39, 0.29) is 5.97 Å². The molecule has 0 aliphatic rings. The summed E-state index contributed by atoms with van der Waals surface area (Å²) in [6.45, 7) is 0. The van der Waals surface area contributed by atoms with Crippen molar-refractivity contribution in [3.63, 3.8) is 0 Å². The van der Waals surface area contributed by atoms with E-state index in [4.69, 9.17) is 10.5 Å². The number of aromatic nitrogens is 1. The van der Waals surface area contributed by atoms with Crippen molar-refractivity contribution in [1.29, 1.82) is 0 Å². The second kappa shape index (κ2) is 10.3. The van der Waals surface area contributed by atoms with Gasteiger partial charge in [0.25, 0.3) is 0 Å². The summed E-state index contributed by atoms with van der Waals surface area (Å²) in [6.07, 6.45) is 3.38. The lowest BCUT2D eigenvalue weighted by molar-refractivity contribution is 0.0593. The van der Waals surface area contributed by atoms with Crippen LogP contribution in [0.5, 0.6) is 0 Å². The molecule has 0 aliphatic heterocycles. The maximum absolute atomic E-state index is 11.5. The van der Waals surface area contributed by atoms with Gasteiger partial charge in [-0.25, -0.2) is 9.59 Å². The van der Waals surface area contributed by atoms with Crippen molar-refractivity contribution in [2.75, 3.05) is 25.3 Å². The molecule has 0 radical (unpaired) electrons. The van der Waals surface area contributed by atoms with E-state index >= 15 is 0 Å². The quantitative estimate of drug-likeness (QED) is 0.526. The van der Waals surface area contributed by atoms with Crippen molar-refractivity contribution in [1.82, 2.24) is 4.98 Å². The van der Waals surface area contributed by atoms with Crippen LogP contribution in [0.1, 0.15) is 20.7 Å². The molecule has 1 aromatic heterocycles. The van der Waals surface area contributed by atoms with Gasteiger partial charge in [0, 0.05) is 11.9 Å². The van der Waals surface area contributed by atoms with Gasteiger partial charge in [-0.1, -0.05) is 24.3 Å². The van der Waals surface area contributed by atoms with Crippen molar-refractivity contribution in [3.05, 3.63) is 84.2 Å². The van der Waals surface area contributed by atoms with E-state index in [0.29, 0.717) is 22.5 Å². The van der Waals surface area contributed by atoms with E-state index in [2.05, 4.69) is 15.0 Å². The summed E-state index contributed by atoms with van der Waals surface area (Å²) in [6, 6.07) is 17.7. The highest BCUT2D eigenvalue weighted by molar-refractivity contribution is 5.96. The van der Waals surface area contributed by atoms with Gasteiger partial charge in [0.1, 0.15) is 0 Å². The van der Waals surface area contributed by atoms with Crippen molar-refractivity contribution in [2.45, 2.75) is 0 Å². The van der Waals surface area contributed by atoms with E-state index in [1.54, 1.807) is 48.8 Å². The van der Waals surface area contributed by atoms with Crippen LogP contribution in [0, 0.1) is 0 Å². The number of nitrogen functional groups attached to an aromatic ring is 1. The van der Waals surface area contributed by atoms with E-state index in [0.717, 1.165) is 5.69 Å². The summed E-state index contributed by atoms with van der Waals surface area (Å²) in [5.41, 5.74) is 8.38. The smallest absolute Gasteiger partial charge is 0.339 e. The van der Waals surface area contributed by atoms with Gasteiger partial charge in [-0.2, -0.15) is 0 Å². The molecule has 2 aromatic carbocycles. The Kier molecular flexibility index (Phi) is 7.53. The van der Waals surface area contributed by atoms with E-state index < -0.39 is 5.97 Å². The van der Waals surface area contributed by atoms with Crippen LogP contribution in [0.15, 0.2) is 73.1 Å². The van der Waals surface area contributed by atoms with Crippen LogP contribution in [0.2, 0.25) is 0 Å². The number of rotatable bonds is 4. The highest BCUT2D eigenvalue weighted by atomic mass is 16.5. The number of para-hydroxylation sites is 2. The molecular weight excluding hydrogens is 358 g/mol. The Morgan fingerprint density at radius 1 is 0.857 bits per heavy atom. The number of nitrogens with two attached hydrogens (primary N) is 1. The standard InChI is InChI=1S/C13H12N2O2.C8H9NO2/c1-17-13(16)11-6-2-3-7-12(11)15-10-5-4-8-14-9-10;1-11-8(10)6-4-2-3-5-7(6)9/h2-9,15H,1H3;2-5H,9H2,1H3. The summed E-state index contributed by atoms with van der Waals surface area (Å²) in [5.74, 6) is -0.764. The van der Waals surface area contributed by atoms with Gasteiger partial charge in [-0.05, 0) is 36.4 Å². The third-order valence-corrected chi connectivity index (χ3v) is 3.64. The van der Waals surface area contributed by atoms with Crippen molar-refractivity contribution < 1.29 is 19.1 Å². The number of ether oxygens (including phenoxy) is 2. The minimum absolute atomic E-state index is 0.364. The number of carbonyl (C=O) groups excluding carboxylic acids is 2. The maximum Gasteiger partial charge on any atom is 0.339 e. The monoisotopic (exact) mass is 379 g/mol. The first-order chi connectivity index (χ1) is 13.6. The number of carbonyl (C=O) groups is 2. The van der Waals surface area contributed by atoms with Gasteiger partial charge >= 0.3 is 11.9 Å². The summed E-state index contributed by atoms with van der Waals surface area (Å²) < 4.78 is 9.22. The zero-order valence-corrected chi connectivity index (χ0v) is 15.6. The summed E-state index contributed by atoms with van der Waals surface area (Å²) in [5, 5.41) is 3.12. The fourth-order valence-electron chi connectivity index (χ4n) is 2.27. The van der Waals surface area contributed by atoms with Crippen LogP contribution in [-0.2, 0) is 9.47 Å². The van der Waals surface area contributed by atoms with E-state index in [1.165, 1.54) is 14.2 Å².